The van der Waals surface area contributed by atoms with Gasteiger partial charge in [-0.15, -0.1) is 0 Å². The maximum Gasteiger partial charge on any atom is 0.0466 e. The number of nitrogens with one attached hydrogen (secondary N) is 1. The second-order valence-corrected chi connectivity index (χ2v) is 6.46. The third kappa shape index (κ3) is 7.69. The normalized spacial score (nSPS) is 16.2. The quantitative estimate of drug-likeness (QED) is 0.621. The number of hydrogen-bond acceptors (Lipinski definition) is 2. The van der Waals surface area contributed by atoms with Crippen LogP contribution in [0.5, 0.6) is 0 Å². The second-order valence-electron chi connectivity index (χ2n) is 6.05. The summed E-state index contributed by atoms with van der Waals surface area (Å²) in [6.45, 7) is 4.03. The summed E-state index contributed by atoms with van der Waals surface area (Å²) in [5.74, 6) is 0. The first kappa shape index (κ1) is 21.0. The first-order chi connectivity index (χ1) is 11.8. The predicted octanol–water partition coefficient (Wildman–Crippen LogP) is 5.88. The Morgan fingerprint density at radius 3 is 1.88 bits per heavy atom. The number of halogens is 1. The molecule has 4 heteroatoms. The molecule has 0 bridgehead atoms. The first-order valence-corrected chi connectivity index (χ1v) is 9.41. The summed E-state index contributed by atoms with van der Waals surface area (Å²) in [7, 11) is 1.00. The van der Waals surface area contributed by atoms with E-state index in [4.69, 9.17) is 21.4 Å². The average Bonchev–Trinajstić information content (AvgIpc) is 3.37. The summed E-state index contributed by atoms with van der Waals surface area (Å²) in [6, 6.07) is 5.94. The lowest BCUT2D eigenvalue weighted by Gasteiger charge is -2.05. The number of ether oxygens (including phenoxy) is 1. The zero-order valence-electron chi connectivity index (χ0n) is 15.1. The maximum atomic E-state index is 7.00. The van der Waals surface area contributed by atoms with Crippen molar-refractivity contribution in [1.29, 1.82) is 0 Å². The van der Waals surface area contributed by atoms with E-state index in [1.807, 2.05) is 31.3 Å². The van der Waals surface area contributed by atoms with E-state index in [0.717, 1.165) is 36.4 Å². The number of benzene rings is 1. The molecular formula is C20H32ClNO2. The smallest absolute Gasteiger partial charge is 0.0466 e. The molecule has 2 N–H and O–H groups in total. The minimum Gasteiger partial charge on any atom is -0.400 e. The van der Waals surface area contributed by atoms with Crippen molar-refractivity contribution >= 4 is 22.5 Å². The highest BCUT2D eigenvalue weighted by molar-refractivity contribution is 6.32. The lowest BCUT2D eigenvalue weighted by molar-refractivity contribution is 0.198. The molecule has 0 spiro atoms. The van der Waals surface area contributed by atoms with Gasteiger partial charge < -0.3 is 14.8 Å². The van der Waals surface area contributed by atoms with Crippen molar-refractivity contribution in [2.45, 2.75) is 58.3 Å². The van der Waals surface area contributed by atoms with Gasteiger partial charge in [-0.25, -0.2) is 0 Å². The van der Waals surface area contributed by atoms with Gasteiger partial charge in [0.25, 0.3) is 0 Å². The molecule has 0 unspecified atom stereocenters. The van der Waals surface area contributed by atoms with Gasteiger partial charge in [-0.05, 0) is 43.5 Å². The van der Waals surface area contributed by atoms with Crippen molar-refractivity contribution < 1.29 is 9.84 Å². The number of aryl methyl sites for hydroxylation is 1. The zero-order chi connectivity index (χ0) is 17.6. The monoisotopic (exact) mass is 353 g/mol. The molecule has 0 radical (unpaired) electrons. The van der Waals surface area contributed by atoms with Crippen molar-refractivity contribution in [1.82, 2.24) is 4.98 Å². The number of aromatic nitrogens is 1. The lowest BCUT2D eigenvalue weighted by Crippen LogP contribution is -1.85. The largest absolute Gasteiger partial charge is 0.400 e. The predicted molar refractivity (Wildman–Crippen MR) is 104 cm³/mol. The molecule has 2 aliphatic rings. The summed E-state index contributed by atoms with van der Waals surface area (Å²) in [4.78, 5) is 3.13. The molecule has 0 amide bonds. The van der Waals surface area contributed by atoms with Gasteiger partial charge in [-0.3, -0.25) is 0 Å². The van der Waals surface area contributed by atoms with Gasteiger partial charge >= 0.3 is 0 Å². The summed E-state index contributed by atoms with van der Waals surface area (Å²) in [5.41, 5.74) is 2.29. The molecule has 136 valence electrons. The van der Waals surface area contributed by atoms with Gasteiger partial charge in [-0.1, -0.05) is 50.1 Å². The molecule has 1 aliphatic heterocycles. The van der Waals surface area contributed by atoms with Crippen molar-refractivity contribution in [3.8, 4) is 0 Å². The van der Waals surface area contributed by atoms with Gasteiger partial charge in [0, 0.05) is 42.4 Å². The fraction of sp³-hybridized carbons (Fsp3) is 0.600. The van der Waals surface area contributed by atoms with Crippen LogP contribution in [0.1, 0.15) is 56.9 Å². The summed E-state index contributed by atoms with van der Waals surface area (Å²) in [6.07, 6.45) is 13.5. The molecule has 1 aliphatic carbocycles. The third-order valence-electron chi connectivity index (χ3n) is 4.26. The van der Waals surface area contributed by atoms with Crippen molar-refractivity contribution in [2.75, 3.05) is 20.3 Å². The Hall–Kier alpha value is -1.03. The van der Waals surface area contributed by atoms with Crippen molar-refractivity contribution in [3.05, 3.63) is 35.0 Å². The molecule has 4 rings (SSSR count). The topological polar surface area (TPSA) is 45.2 Å². The van der Waals surface area contributed by atoms with Crippen molar-refractivity contribution in [3.63, 3.8) is 0 Å². The van der Waals surface area contributed by atoms with E-state index >= 15 is 0 Å². The van der Waals surface area contributed by atoms with Gasteiger partial charge in [0.05, 0.1) is 0 Å². The van der Waals surface area contributed by atoms with Crippen LogP contribution in [0.2, 0.25) is 5.02 Å². The summed E-state index contributed by atoms with van der Waals surface area (Å²) < 4.78 is 4.94. The molecule has 1 aromatic carbocycles. The SMILES string of the molecule is C1CCCCC1.C1CCOC1.CO.Cc1c(Cl)ccc2[nH]ccc12. The van der Waals surface area contributed by atoms with E-state index in [0.29, 0.717) is 0 Å². The van der Waals surface area contributed by atoms with Crippen molar-refractivity contribution in [2.24, 2.45) is 0 Å². The molecule has 3 nitrogen and oxygen atoms in total. The fourth-order valence-electron chi connectivity index (χ4n) is 2.83. The molecule has 0 atom stereocenters. The Labute approximate surface area is 151 Å². The van der Waals surface area contributed by atoms with Crippen LogP contribution >= 0.6 is 11.6 Å². The van der Waals surface area contributed by atoms with Gasteiger partial charge in [0.15, 0.2) is 0 Å². The Morgan fingerprint density at radius 2 is 1.42 bits per heavy atom. The summed E-state index contributed by atoms with van der Waals surface area (Å²) in [5, 5.41) is 9.04. The molecular weight excluding hydrogens is 322 g/mol. The van der Waals surface area contributed by atoms with Crippen LogP contribution in [0, 0.1) is 6.92 Å². The number of rotatable bonds is 0. The second kappa shape index (κ2) is 13.3. The Kier molecular flexibility index (Phi) is 11.6. The maximum absolute atomic E-state index is 7.00. The molecule has 2 aromatic rings. The van der Waals surface area contributed by atoms with E-state index in [2.05, 4.69) is 4.98 Å². The Balaban J connectivity index is 0.000000188. The number of fused-ring (bicyclic) bond motifs is 1. The Morgan fingerprint density at radius 1 is 0.875 bits per heavy atom. The van der Waals surface area contributed by atoms with Crippen LogP contribution in [-0.4, -0.2) is 30.4 Å². The van der Waals surface area contributed by atoms with Crippen LogP contribution < -0.4 is 0 Å². The number of aliphatic hydroxyl groups excluding tert-OH is 1. The lowest BCUT2D eigenvalue weighted by atomic mass is 10.0. The van der Waals surface area contributed by atoms with E-state index < -0.39 is 0 Å². The van der Waals surface area contributed by atoms with Gasteiger partial charge in [0.2, 0.25) is 0 Å². The molecule has 2 heterocycles. The highest BCUT2D eigenvalue weighted by Crippen LogP contribution is 2.23. The van der Waals surface area contributed by atoms with Crippen LogP contribution in [0.4, 0.5) is 0 Å². The fourth-order valence-corrected chi connectivity index (χ4v) is 2.99. The van der Waals surface area contributed by atoms with E-state index in [1.165, 1.54) is 56.8 Å². The van der Waals surface area contributed by atoms with E-state index in [9.17, 15) is 0 Å². The average molecular weight is 354 g/mol. The van der Waals surface area contributed by atoms with Crippen LogP contribution in [-0.2, 0) is 4.74 Å². The van der Waals surface area contributed by atoms with Gasteiger partial charge in [-0.2, -0.15) is 0 Å². The van der Waals surface area contributed by atoms with Gasteiger partial charge in [0.1, 0.15) is 0 Å². The first-order valence-electron chi connectivity index (χ1n) is 9.03. The molecule has 1 saturated carbocycles. The zero-order valence-corrected chi connectivity index (χ0v) is 15.9. The highest BCUT2D eigenvalue weighted by Gasteiger charge is 2.00. The summed E-state index contributed by atoms with van der Waals surface area (Å²) >= 11 is 5.93. The van der Waals surface area contributed by atoms with Crippen LogP contribution in [0.25, 0.3) is 10.9 Å². The van der Waals surface area contributed by atoms with Crippen LogP contribution in [0.3, 0.4) is 0 Å². The van der Waals surface area contributed by atoms with Crippen LogP contribution in [0.15, 0.2) is 24.4 Å². The molecule has 1 saturated heterocycles. The minimum absolute atomic E-state index is 0.831. The molecule has 2 fully saturated rings. The Bertz CT molecular complexity index is 526. The van der Waals surface area contributed by atoms with E-state index in [1.54, 1.807) is 0 Å². The number of H-pyrrole nitrogens is 1. The van der Waals surface area contributed by atoms with E-state index in [-0.39, 0.29) is 0 Å². The standard InChI is InChI=1S/C9H8ClN.C6H12.C4H8O.CH4O/c1-6-7-4-5-11-9(7)3-2-8(6)10;1-2-4-6-5-3-1;1-2-4-5-3-1;1-2/h2-5,11H,1H3;1-6H2;1-4H2;2H,1H3. The molecule has 1 aromatic heterocycles. The minimum atomic E-state index is 0.831. The molecule has 24 heavy (non-hydrogen) atoms. The number of hydrogen-bond donors (Lipinski definition) is 2. The number of aromatic amines is 1. The number of aliphatic hydroxyl groups is 1. The third-order valence-corrected chi connectivity index (χ3v) is 4.67. The highest BCUT2D eigenvalue weighted by atomic mass is 35.5.